The van der Waals surface area contributed by atoms with Crippen LogP contribution in [0.25, 0.3) is 0 Å². The van der Waals surface area contributed by atoms with Crippen molar-refractivity contribution in [1.82, 2.24) is 0 Å². The molecule has 5 nitrogen and oxygen atoms in total. The molecule has 3 N–H and O–H groups in total. The van der Waals surface area contributed by atoms with Gasteiger partial charge in [0.2, 0.25) is 0 Å². The van der Waals surface area contributed by atoms with Crippen LogP contribution < -0.4 is 5.14 Å². The quantitative estimate of drug-likeness (QED) is 0.739. The largest absolute Gasteiger partial charge is 0.386 e. The third-order valence-electron chi connectivity index (χ3n) is 1.57. The second kappa shape index (κ2) is 4.52. The second-order valence-electron chi connectivity index (χ2n) is 2.70. The summed E-state index contributed by atoms with van der Waals surface area (Å²) in [5.74, 6) is 0. The summed E-state index contributed by atoms with van der Waals surface area (Å²) in [5.41, 5.74) is 0.580. The highest BCUT2D eigenvalue weighted by Crippen LogP contribution is 2.12. The number of hydrogen-bond donors (Lipinski definition) is 2. The Morgan fingerprint density at radius 1 is 1.36 bits per heavy atom. The van der Waals surface area contributed by atoms with E-state index in [1.165, 1.54) is 0 Å². The van der Waals surface area contributed by atoms with Gasteiger partial charge in [0.15, 0.2) is 0 Å². The molecule has 6 heteroatoms. The van der Waals surface area contributed by atoms with Gasteiger partial charge < -0.3 is 5.11 Å². The summed E-state index contributed by atoms with van der Waals surface area (Å²) in [4.78, 5) is 0. The van der Waals surface area contributed by atoms with Crippen molar-refractivity contribution in [1.29, 1.82) is 0 Å². The molecular formula is C8H11NO4S. The maximum Gasteiger partial charge on any atom is 0.333 e. The van der Waals surface area contributed by atoms with Crippen LogP contribution in [0.1, 0.15) is 11.7 Å². The maximum atomic E-state index is 10.4. The highest BCUT2D eigenvalue weighted by molar-refractivity contribution is 7.84. The molecule has 0 amide bonds. The number of hydrogen-bond acceptors (Lipinski definition) is 4. The molecule has 0 bridgehead atoms. The van der Waals surface area contributed by atoms with Crippen LogP contribution in [0.15, 0.2) is 30.3 Å². The predicted octanol–water partition coefficient (Wildman–Crippen LogP) is -0.0599. The van der Waals surface area contributed by atoms with Crippen LogP contribution in [-0.2, 0) is 14.5 Å². The van der Waals surface area contributed by atoms with Crippen LogP contribution in [0.5, 0.6) is 0 Å². The first kappa shape index (κ1) is 11.1. The number of benzene rings is 1. The molecule has 0 aliphatic heterocycles. The van der Waals surface area contributed by atoms with E-state index in [-0.39, 0.29) is 6.61 Å². The van der Waals surface area contributed by atoms with Crippen molar-refractivity contribution in [3.05, 3.63) is 35.9 Å². The summed E-state index contributed by atoms with van der Waals surface area (Å²) in [6.07, 6.45) is -0.991. The maximum absolute atomic E-state index is 10.4. The lowest BCUT2D eigenvalue weighted by atomic mass is 10.1. The van der Waals surface area contributed by atoms with Crippen LogP contribution in [0, 0.1) is 0 Å². The third-order valence-corrected chi connectivity index (χ3v) is 2.04. The normalized spacial score (nSPS) is 13.9. The van der Waals surface area contributed by atoms with Crippen LogP contribution in [0.3, 0.4) is 0 Å². The molecule has 0 aliphatic carbocycles. The van der Waals surface area contributed by atoms with Crippen molar-refractivity contribution in [2.75, 3.05) is 6.61 Å². The fraction of sp³-hybridized carbons (Fsp3) is 0.250. The fourth-order valence-corrected chi connectivity index (χ4v) is 1.25. The summed E-state index contributed by atoms with van der Waals surface area (Å²) in [7, 11) is -3.99. The Bertz CT molecular complexity index is 376. The lowest BCUT2D eigenvalue weighted by Crippen LogP contribution is -2.19. The molecule has 0 radical (unpaired) electrons. The first-order chi connectivity index (χ1) is 6.49. The van der Waals surface area contributed by atoms with Gasteiger partial charge >= 0.3 is 10.3 Å². The van der Waals surface area contributed by atoms with Gasteiger partial charge in [-0.25, -0.2) is 5.14 Å². The minimum absolute atomic E-state index is 0.372. The van der Waals surface area contributed by atoms with Gasteiger partial charge in [0.05, 0.1) is 6.61 Å². The highest BCUT2D eigenvalue weighted by Gasteiger charge is 2.10. The standard InChI is InChI=1S/C8H11NO4S/c9-14(11,12)13-6-8(10)7-4-2-1-3-5-7/h1-5,8,10H,6H2,(H2,9,11,12). The third kappa shape index (κ3) is 3.84. The van der Waals surface area contributed by atoms with Gasteiger partial charge in [0, 0.05) is 0 Å². The van der Waals surface area contributed by atoms with E-state index in [4.69, 9.17) is 0 Å². The summed E-state index contributed by atoms with van der Waals surface area (Å²) in [6.45, 7) is -0.372. The Morgan fingerprint density at radius 2 is 1.93 bits per heavy atom. The van der Waals surface area contributed by atoms with E-state index in [1.807, 2.05) is 0 Å². The molecule has 78 valence electrons. The van der Waals surface area contributed by atoms with E-state index in [2.05, 4.69) is 9.32 Å². The van der Waals surface area contributed by atoms with Gasteiger partial charge in [-0.05, 0) is 5.56 Å². The van der Waals surface area contributed by atoms with Crippen molar-refractivity contribution in [3.63, 3.8) is 0 Å². The summed E-state index contributed by atoms with van der Waals surface area (Å²) in [5, 5.41) is 14.0. The minimum Gasteiger partial charge on any atom is -0.386 e. The Kier molecular flexibility index (Phi) is 3.59. The van der Waals surface area contributed by atoms with E-state index in [9.17, 15) is 13.5 Å². The Morgan fingerprint density at radius 3 is 2.43 bits per heavy atom. The van der Waals surface area contributed by atoms with Gasteiger partial charge in [0.1, 0.15) is 6.10 Å². The number of rotatable bonds is 4. The van der Waals surface area contributed by atoms with Crippen molar-refractivity contribution in [3.8, 4) is 0 Å². The molecule has 0 saturated carbocycles. The molecule has 0 fully saturated rings. The predicted molar refractivity (Wildman–Crippen MR) is 50.5 cm³/mol. The van der Waals surface area contributed by atoms with E-state index >= 15 is 0 Å². The van der Waals surface area contributed by atoms with Crippen molar-refractivity contribution < 1.29 is 17.7 Å². The first-order valence-corrected chi connectivity index (χ1v) is 5.36. The Balaban J connectivity index is 2.56. The Labute approximate surface area is 82.4 Å². The molecule has 1 aromatic carbocycles. The SMILES string of the molecule is NS(=O)(=O)OCC(O)c1ccccc1. The van der Waals surface area contributed by atoms with Gasteiger partial charge in [0.25, 0.3) is 0 Å². The van der Waals surface area contributed by atoms with Gasteiger partial charge in [-0.1, -0.05) is 30.3 Å². The van der Waals surface area contributed by atoms with Crippen molar-refractivity contribution >= 4 is 10.3 Å². The molecule has 0 saturated heterocycles. The highest BCUT2D eigenvalue weighted by atomic mass is 32.2. The average Bonchev–Trinajstić information content (AvgIpc) is 2.14. The van der Waals surface area contributed by atoms with Gasteiger partial charge in [-0.2, -0.15) is 8.42 Å². The first-order valence-electron chi connectivity index (χ1n) is 3.89. The summed E-state index contributed by atoms with van der Waals surface area (Å²) >= 11 is 0. The second-order valence-corrected chi connectivity index (χ2v) is 3.93. The lowest BCUT2D eigenvalue weighted by molar-refractivity contribution is 0.111. The lowest BCUT2D eigenvalue weighted by Gasteiger charge is -2.09. The van der Waals surface area contributed by atoms with E-state index in [0.29, 0.717) is 5.56 Å². The number of aliphatic hydroxyl groups excluding tert-OH is 1. The Hall–Kier alpha value is -0.950. The summed E-state index contributed by atoms with van der Waals surface area (Å²) in [6, 6.07) is 8.58. The van der Waals surface area contributed by atoms with Gasteiger partial charge in [-0.15, -0.1) is 0 Å². The van der Waals surface area contributed by atoms with Crippen LogP contribution >= 0.6 is 0 Å². The van der Waals surface area contributed by atoms with E-state index < -0.39 is 16.4 Å². The number of aliphatic hydroxyl groups is 1. The van der Waals surface area contributed by atoms with Gasteiger partial charge in [-0.3, -0.25) is 4.18 Å². The smallest absolute Gasteiger partial charge is 0.333 e. The molecule has 1 atom stereocenters. The molecule has 1 aromatic rings. The van der Waals surface area contributed by atoms with Crippen molar-refractivity contribution in [2.24, 2.45) is 5.14 Å². The molecule has 14 heavy (non-hydrogen) atoms. The number of nitrogens with two attached hydrogens (primary N) is 1. The molecule has 0 spiro atoms. The van der Waals surface area contributed by atoms with Crippen LogP contribution in [0.2, 0.25) is 0 Å². The monoisotopic (exact) mass is 217 g/mol. The zero-order chi connectivity index (χ0) is 10.6. The molecule has 1 unspecified atom stereocenters. The van der Waals surface area contributed by atoms with Crippen LogP contribution in [0.4, 0.5) is 0 Å². The van der Waals surface area contributed by atoms with E-state index in [0.717, 1.165) is 0 Å². The minimum atomic E-state index is -3.99. The molecular weight excluding hydrogens is 206 g/mol. The zero-order valence-electron chi connectivity index (χ0n) is 7.33. The van der Waals surface area contributed by atoms with E-state index in [1.54, 1.807) is 30.3 Å². The zero-order valence-corrected chi connectivity index (χ0v) is 8.15. The molecule has 1 rings (SSSR count). The fourth-order valence-electron chi connectivity index (χ4n) is 0.931. The average molecular weight is 217 g/mol. The molecule has 0 aromatic heterocycles. The van der Waals surface area contributed by atoms with Crippen LogP contribution in [-0.4, -0.2) is 20.1 Å². The molecule has 0 heterocycles. The topological polar surface area (TPSA) is 89.6 Å². The summed E-state index contributed by atoms with van der Waals surface area (Å²) < 4.78 is 25.1. The van der Waals surface area contributed by atoms with Crippen molar-refractivity contribution in [2.45, 2.75) is 6.10 Å². The molecule has 0 aliphatic rings.